The summed E-state index contributed by atoms with van der Waals surface area (Å²) in [5, 5.41) is 8.66. The summed E-state index contributed by atoms with van der Waals surface area (Å²) in [6, 6.07) is 3.78. The van der Waals surface area contributed by atoms with Gasteiger partial charge in [-0.05, 0) is 18.6 Å². The zero-order chi connectivity index (χ0) is 10.3. The fourth-order valence-electron chi connectivity index (χ4n) is 0.684. The number of rotatable bonds is 1. The van der Waals surface area contributed by atoms with Gasteiger partial charge in [-0.2, -0.15) is 0 Å². The number of halogens is 2. The van der Waals surface area contributed by atoms with E-state index in [1.807, 2.05) is 19.1 Å². The topological polar surface area (TPSA) is 56.2 Å². The molecule has 0 fully saturated rings. The van der Waals surface area contributed by atoms with Gasteiger partial charge in [0.25, 0.3) is 0 Å². The molecule has 0 spiro atoms. The van der Waals surface area contributed by atoms with E-state index in [2.05, 4.69) is 26.3 Å². The molecule has 3 nitrogen and oxygen atoms in total. The lowest BCUT2D eigenvalue weighted by Crippen LogP contribution is -1.90. The Balaban J connectivity index is 0.000000310. The fraction of sp³-hybridized carbons (Fsp3) is 0.286. The Morgan fingerprint density at radius 3 is 2.46 bits per heavy atom. The maximum absolute atomic E-state index is 9.09. The minimum atomic E-state index is -1.67. The number of aliphatic hydroxyl groups is 1. The molecule has 1 heterocycles. The van der Waals surface area contributed by atoms with Gasteiger partial charge in [0.2, 0.25) is 0 Å². The van der Waals surface area contributed by atoms with Crippen molar-refractivity contribution < 1.29 is 9.66 Å². The Morgan fingerprint density at radius 1 is 1.62 bits per heavy atom. The van der Waals surface area contributed by atoms with Crippen LogP contribution in [0.3, 0.4) is 0 Å². The molecule has 0 saturated heterocycles. The second-order valence-corrected chi connectivity index (χ2v) is 4.63. The normalized spacial score (nSPS) is 9.38. The smallest absolute Gasteiger partial charge is 0.198 e. The van der Waals surface area contributed by atoms with Crippen LogP contribution in [0.2, 0.25) is 0 Å². The second kappa shape index (κ2) is 7.41. The van der Waals surface area contributed by atoms with Crippen molar-refractivity contribution in [3.05, 3.63) is 29.6 Å². The maximum atomic E-state index is 9.09. The number of hydrogen-bond donors (Lipinski definition) is 1. The van der Waals surface area contributed by atoms with Crippen LogP contribution in [0.4, 0.5) is 0 Å². The molecule has 74 valence electrons. The molecule has 0 amide bonds. The van der Waals surface area contributed by atoms with Gasteiger partial charge in [0.05, 0.1) is 12.3 Å². The predicted octanol–water partition coefficient (Wildman–Crippen LogP) is 1.93. The predicted molar refractivity (Wildman–Crippen MR) is 54.7 cm³/mol. The van der Waals surface area contributed by atoms with E-state index in [1.165, 1.54) is 0 Å². The van der Waals surface area contributed by atoms with E-state index in [4.69, 9.17) is 9.66 Å². The summed E-state index contributed by atoms with van der Waals surface area (Å²) in [5.74, 6) is 0. The van der Waals surface area contributed by atoms with E-state index in [0.29, 0.717) is 0 Å². The molecule has 0 aliphatic carbocycles. The van der Waals surface area contributed by atoms with Crippen molar-refractivity contribution in [1.29, 1.82) is 0 Å². The van der Waals surface area contributed by atoms with Crippen LogP contribution in [0.25, 0.3) is 0 Å². The quantitative estimate of drug-likeness (QED) is 0.765. The fourth-order valence-corrected chi connectivity index (χ4v) is 0.684. The highest BCUT2D eigenvalue weighted by Gasteiger charge is 1.92. The lowest BCUT2D eigenvalue weighted by molar-refractivity contribution is 0.276. The van der Waals surface area contributed by atoms with Crippen LogP contribution < -0.4 is 0 Å². The average molecular weight is 242 g/mol. The zero-order valence-corrected chi connectivity index (χ0v) is 9.23. The number of pyridine rings is 1. The maximum Gasteiger partial charge on any atom is 0.198 e. The van der Waals surface area contributed by atoms with Crippen molar-refractivity contribution in [2.45, 2.75) is 13.5 Å². The lowest BCUT2D eigenvalue weighted by Gasteiger charge is -1.96. The SMILES string of the molecule is Cc1cccnc1CO.[O-][S+](Cl)Cl. The van der Waals surface area contributed by atoms with E-state index in [0.717, 1.165) is 11.3 Å². The number of aryl methyl sites for hydroxylation is 1. The molecule has 1 rings (SSSR count). The minimum absolute atomic E-state index is 0.0344. The standard InChI is InChI=1S/C7H9NO.Cl2OS/c1-6-3-2-4-8-7(6)5-9;1-4(2)3/h2-4,9H,5H2,1H3;. The third kappa shape index (κ3) is 7.10. The molecule has 0 aromatic carbocycles. The van der Waals surface area contributed by atoms with Crippen LogP contribution in [0.1, 0.15) is 11.3 Å². The van der Waals surface area contributed by atoms with Gasteiger partial charge in [-0.25, -0.2) is 0 Å². The van der Waals surface area contributed by atoms with Crippen molar-refractivity contribution in [3.8, 4) is 0 Å². The summed E-state index contributed by atoms with van der Waals surface area (Å²) in [4.78, 5) is 3.95. The van der Waals surface area contributed by atoms with Crippen LogP contribution in [0, 0.1) is 6.92 Å². The van der Waals surface area contributed by atoms with E-state index in [1.54, 1.807) is 6.20 Å². The van der Waals surface area contributed by atoms with Crippen molar-refractivity contribution in [1.82, 2.24) is 4.98 Å². The van der Waals surface area contributed by atoms with E-state index in [9.17, 15) is 0 Å². The number of hydrogen-bond acceptors (Lipinski definition) is 3. The van der Waals surface area contributed by atoms with Crippen LogP contribution in [0.15, 0.2) is 18.3 Å². The summed E-state index contributed by atoms with van der Waals surface area (Å²) >= 11 is 0. The zero-order valence-electron chi connectivity index (χ0n) is 6.91. The molecule has 0 unspecified atom stereocenters. The highest BCUT2D eigenvalue weighted by molar-refractivity contribution is 8.31. The first-order chi connectivity index (χ1) is 6.07. The van der Waals surface area contributed by atoms with Crippen molar-refractivity contribution in [2.75, 3.05) is 0 Å². The molecule has 0 bridgehead atoms. The van der Waals surface area contributed by atoms with Gasteiger partial charge >= 0.3 is 0 Å². The summed E-state index contributed by atoms with van der Waals surface area (Å²) in [6.07, 6.45) is 1.68. The first-order valence-corrected chi connectivity index (χ1v) is 6.13. The van der Waals surface area contributed by atoms with Crippen LogP contribution in [-0.2, 0) is 16.2 Å². The number of aromatic nitrogens is 1. The Hall–Kier alpha value is -0.000000000000000111. The van der Waals surface area contributed by atoms with Crippen LogP contribution in [0.5, 0.6) is 0 Å². The molecule has 0 aliphatic heterocycles. The van der Waals surface area contributed by atoms with E-state index < -0.39 is 9.60 Å². The summed E-state index contributed by atoms with van der Waals surface area (Å²) in [6.45, 7) is 1.96. The molecular formula is C7H9Cl2NO2S. The van der Waals surface area contributed by atoms with Gasteiger partial charge in [-0.1, -0.05) is 6.07 Å². The first-order valence-electron chi connectivity index (χ1n) is 3.33. The lowest BCUT2D eigenvalue weighted by atomic mass is 10.2. The van der Waals surface area contributed by atoms with Gasteiger partial charge in [0.15, 0.2) is 31.0 Å². The molecule has 1 aromatic rings. The largest absolute Gasteiger partial charge is 0.582 e. The summed E-state index contributed by atoms with van der Waals surface area (Å²) in [7, 11) is 7.36. The van der Waals surface area contributed by atoms with Crippen LogP contribution in [-0.4, -0.2) is 14.6 Å². The first kappa shape index (κ1) is 13.0. The number of aliphatic hydroxyl groups excluding tert-OH is 1. The monoisotopic (exact) mass is 241 g/mol. The van der Waals surface area contributed by atoms with Gasteiger partial charge in [0, 0.05) is 6.20 Å². The Morgan fingerprint density at radius 2 is 2.15 bits per heavy atom. The highest BCUT2D eigenvalue weighted by Crippen LogP contribution is 2.01. The Kier molecular flexibility index (Phi) is 7.41. The Bertz CT molecular complexity index is 245. The Labute approximate surface area is 88.9 Å². The molecule has 6 heteroatoms. The second-order valence-electron chi connectivity index (χ2n) is 2.11. The molecule has 0 atom stereocenters. The molecule has 13 heavy (non-hydrogen) atoms. The third-order valence-corrected chi connectivity index (χ3v) is 1.27. The summed E-state index contributed by atoms with van der Waals surface area (Å²) < 4.78 is 9.09. The van der Waals surface area contributed by atoms with Crippen LogP contribution >= 0.6 is 21.4 Å². The van der Waals surface area contributed by atoms with E-state index >= 15 is 0 Å². The summed E-state index contributed by atoms with van der Waals surface area (Å²) in [5.41, 5.74) is 1.80. The van der Waals surface area contributed by atoms with Gasteiger partial charge in [0.1, 0.15) is 0 Å². The average Bonchev–Trinajstić information content (AvgIpc) is 2.04. The van der Waals surface area contributed by atoms with Crippen molar-refractivity contribution in [3.63, 3.8) is 0 Å². The van der Waals surface area contributed by atoms with E-state index in [-0.39, 0.29) is 6.61 Å². The molecule has 0 radical (unpaired) electrons. The highest BCUT2D eigenvalue weighted by atomic mass is 36.0. The minimum Gasteiger partial charge on any atom is -0.582 e. The van der Waals surface area contributed by atoms with Gasteiger partial charge < -0.3 is 9.66 Å². The molecule has 1 aromatic heterocycles. The van der Waals surface area contributed by atoms with Gasteiger partial charge in [-0.3, -0.25) is 4.98 Å². The molecule has 0 aliphatic rings. The van der Waals surface area contributed by atoms with Gasteiger partial charge in [-0.15, -0.1) is 0 Å². The molecule has 0 saturated carbocycles. The third-order valence-electron chi connectivity index (χ3n) is 1.27. The van der Waals surface area contributed by atoms with Crippen molar-refractivity contribution in [2.24, 2.45) is 0 Å². The number of nitrogens with zero attached hydrogens (tertiary/aromatic N) is 1. The molecular weight excluding hydrogens is 233 g/mol. The molecule has 1 N–H and O–H groups in total. The van der Waals surface area contributed by atoms with Crippen molar-refractivity contribution >= 4 is 31.0 Å².